The fraction of sp³-hybridized carbons (Fsp3) is 0.700. The molecule has 0 heterocycles. The third-order valence-electron chi connectivity index (χ3n) is 2.10. The van der Waals surface area contributed by atoms with Crippen molar-refractivity contribution in [3.8, 4) is 0 Å². The van der Waals surface area contributed by atoms with Crippen LogP contribution in [-0.4, -0.2) is 19.6 Å². The SMILES string of the molecule is CCC(CC)CN/C=C/C(=O)OC. The lowest BCUT2D eigenvalue weighted by atomic mass is 10.0. The molecule has 0 aliphatic heterocycles. The van der Waals surface area contributed by atoms with Crippen molar-refractivity contribution in [2.24, 2.45) is 5.92 Å². The van der Waals surface area contributed by atoms with Crippen molar-refractivity contribution >= 4 is 5.97 Å². The van der Waals surface area contributed by atoms with Crippen molar-refractivity contribution in [2.75, 3.05) is 13.7 Å². The van der Waals surface area contributed by atoms with E-state index < -0.39 is 0 Å². The van der Waals surface area contributed by atoms with E-state index in [1.165, 1.54) is 13.2 Å². The second kappa shape index (κ2) is 7.65. The molecule has 0 aromatic rings. The summed E-state index contributed by atoms with van der Waals surface area (Å²) < 4.78 is 4.44. The Balaban J connectivity index is 3.53. The highest BCUT2D eigenvalue weighted by Crippen LogP contribution is 2.04. The predicted molar refractivity (Wildman–Crippen MR) is 53.2 cm³/mol. The van der Waals surface area contributed by atoms with Gasteiger partial charge in [0.1, 0.15) is 0 Å². The molecule has 3 heteroatoms. The van der Waals surface area contributed by atoms with Gasteiger partial charge in [0.2, 0.25) is 0 Å². The van der Waals surface area contributed by atoms with Gasteiger partial charge in [-0.25, -0.2) is 4.79 Å². The monoisotopic (exact) mass is 185 g/mol. The molecule has 0 aliphatic carbocycles. The maximum absolute atomic E-state index is 10.6. The van der Waals surface area contributed by atoms with Gasteiger partial charge >= 0.3 is 5.97 Å². The van der Waals surface area contributed by atoms with Crippen LogP contribution in [0.25, 0.3) is 0 Å². The van der Waals surface area contributed by atoms with Gasteiger partial charge in [-0.3, -0.25) is 0 Å². The molecule has 0 radical (unpaired) electrons. The Morgan fingerprint density at radius 1 is 1.46 bits per heavy atom. The average Bonchev–Trinajstić information content (AvgIpc) is 2.18. The van der Waals surface area contributed by atoms with Crippen LogP contribution in [0.5, 0.6) is 0 Å². The van der Waals surface area contributed by atoms with Gasteiger partial charge < -0.3 is 10.1 Å². The quantitative estimate of drug-likeness (QED) is 0.505. The lowest BCUT2D eigenvalue weighted by molar-refractivity contribution is -0.134. The average molecular weight is 185 g/mol. The molecule has 0 amide bonds. The van der Waals surface area contributed by atoms with Crippen LogP contribution < -0.4 is 5.32 Å². The zero-order valence-corrected chi connectivity index (χ0v) is 8.67. The minimum atomic E-state index is -0.322. The summed E-state index contributed by atoms with van der Waals surface area (Å²) in [6, 6.07) is 0. The first kappa shape index (κ1) is 12.0. The highest BCUT2D eigenvalue weighted by Gasteiger charge is 2.00. The fourth-order valence-corrected chi connectivity index (χ4v) is 1.01. The molecular formula is C10H19NO2. The van der Waals surface area contributed by atoms with E-state index in [4.69, 9.17) is 0 Å². The van der Waals surface area contributed by atoms with Crippen molar-refractivity contribution in [2.45, 2.75) is 26.7 Å². The van der Waals surface area contributed by atoms with Gasteiger partial charge in [-0.15, -0.1) is 0 Å². The normalized spacial score (nSPS) is 10.8. The molecule has 0 aliphatic rings. The van der Waals surface area contributed by atoms with E-state index in [1.807, 2.05) is 0 Å². The smallest absolute Gasteiger partial charge is 0.331 e. The third kappa shape index (κ3) is 6.20. The molecule has 0 saturated heterocycles. The summed E-state index contributed by atoms with van der Waals surface area (Å²) >= 11 is 0. The van der Waals surface area contributed by atoms with Gasteiger partial charge in [-0.2, -0.15) is 0 Å². The van der Waals surface area contributed by atoms with Gasteiger partial charge in [-0.1, -0.05) is 26.7 Å². The van der Waals surface area contributed by atoms with Gasteiger partial charge in [0.15, 0.2) is 0 Å². The van der Waals surface area contributed by atoms with E-state index in [1.54, 1.807) is 6.20 Å². The van der Waals surface area contributed by atoms with Crippen LogP contribution in [0.2, 0.25) is 0 Å². The summed E-state index contributed by atoms with van der Waals surface area (Å²) in [4.78, 5) is 10.6. The molecule has 0 atom stereocenters. The Kier molecular flexibility index (Phi) is 7.07. The third-order valence-corrected chi connectivity index (χ3v) is 2.10. The van der Waals surface area contributed by atoms with E-state index >= 15 is 0 Å². The van der Waals surface area contributed by atoms with Crippen LogP contribution in [0.1, 0.15) is 26.7 Å². The Bertz CT molecular complexity index is 162. The molecule has 13 heavy (non-hydrogen) atoms. The first-order chi connectivity index (χ1) is 6.24. The van der Waals surface area contributed by atoms with Gasteiger partial charge in [0.25, 0.3) is 0 Å². The van der Waals surface area contributed by atoms with E-state index in [-0.39, 0.29) is 5.97 Å². The molecule has 0 saturated carbocycles. The lowest BCUT2D eigenvalue weighted by Gasteiger charge is -2.10. The highest BCUT2D eigenvalue weighted by atomic mass is 16.5. The molecule has 76 valence electrons. The molecule has 0 fully saturated rings. The van der Waals surface area contributed by atoms with Crippen molar-refractivity contribution in [1.82, 2.24) is 5.32 Å². The van der Waals surface area contributed by atoms with Gasteiger partial charge in [-0.05, 0) is 5.92 Å². The Hall–Kier alpha value is -0.990. The molecule has 0 aromatic heterocycles. The van der Waals surface area contributed by atoms with E-state index in [0.717, 1.165) is 19.4 Å². The zero-order valence-electron chi connectivity index (χ0n) is 8.67. The summed E-state index contributed by atoms with van der Waals surface area (Å²) in [5, 5.41) is 3.07. The van der Waals surface area contributed by atoms with Crippen molar-refractivity contribution in [3.05, 3.63) is 12.3 Å². The van der Waals surface area contributed by atoms with Crippen LogP contribution in [0.15, 0.2) is 12.3 Å². The number of rotatable bonds is 6. The second-order valence-electron chi connectivity index (χ2n) is 2.95. The number of nitrogens with one attached hydrogen (secondary N) is 1. The zero-order chi connectivity index (χ0) is 10.1. The number of hydrogen-bond donors (Lipinski definition) is 1. The maximum Gasteiger partial charge on any atom is 0.331 e. The minimum Gasteiger partial charge on any atom is -0.466 e. The van der Waals surface area contributed by atoms with Crippen LogP contribution in [0.4, 0.5) is 0 Å². The number of hydrogen-bond acceptors (Lipinski definition) is 3. The van der Waals surface area contributed by atoms with Crippen LogP contribution in [0.3, 0.4) is 0 Å². The topological polar surface area (TPSA) is 38.3 Å². The molecule has 1 N–H and O–H groups in total. The highest BCUT2D eigenvalue weighted by molar-refractivity contribution is 5.81. The second-order valence-corrected chi connectivity index (χ2v) is 2.95. The van der Waals surface area contributed by atoms with Crippen LogP contribution in [-0.2, 0) is 9.53 Å². The fourth-order valence-electron chi connectivity index (χ4n) is 1.01. The summed E-state index contributed by atoms with van der Waals surface area (Å²) in [6.45, 7) is 5.25. The van der Waals surface area contributed by atoms with Gasteiger partial charge in [0, 0.05) is 18.8 Å². The van der Waals surface area contributed by atoms with Gasteiger partial charge in [0.05, 0.1) is 7.11 Å². The molecular weight excluding hydrogens is 166 g/mol. The van der Waals surface area contributed by atoms with Crippen LogP contribution in [0, 0.1) is 5.92 Å². The number of carbonyl (C=O) groups excluding carboxylic acids is 1. The minimum absolute atomic E-state index is 0.322. The summed E-state index contributed by atoms with van der Waals surface area (Å²) in [5.74, 6) is 0.361. The molecule has 0 unspecified atom stereocenters. The number of carbonyl (C=O) groups is 1. The van der Waals surface area contributed by atoms with Crippen molar-refractivity contribution < 1.29 is 9.53 Å². The Morgan fingerprint density at radius 3 is 2.54 bits per heavy atom. The van der Waals surface area contributed by atoms with Crippen molar-refractivity contribution in [1.29, 1.82) is 0 Å². The first-order valence-electron chi connectivity index (χ1n) is 4.72. The Morgan fingerprint density at radius 2 is 2.08 bits per heavy atom. The number of methoxy groups -OCH3 is 1. The van der Waals surface area contributed by atoms with Crippen LogP contribution >= 0.6 is 0 Å². The molecule has 0 spiro atoms. The molecule has 0 bridgehead atoms. The Labute approximate surface area is 80.2 Å². The lowest BCUT2D eigenvalue weighted by Crippen LogP contribution is -2.17. The first-order valence-corrected chi connectivity index (χ1v) is 4.72. The summed E-state index contributed by atoms with van der Waals surface area (Å²) in [5.41, 5.74) is 0. The molecule has 0 rings (SSSR count). The van der Waals surface area contributed by atoms with E-state index in [9.17, 15) is 4.79 Å². The maximum atomic E-state index is 10.6. The number of ether oxygens (including phenoxy) is 1. The molecule has 0 aromatic carbocycles. The van der Waals surface area contributed by atoms with Crippen molar-refractivity contribution in [3.63, 3.8) is 0 Å². The number of esters is 1. The summed E-state index contributed by atoms with van der Waals surface area (Å²) in [7, 11) is 1.37. The molecule has 3 nitrogen and oxygen atoms in total. The van der Waals surface area contributed by atoms with E-state index in [2.05, 4.69) is 23.9 Å². The largest absolute Gasteiger partial charge is 0.466 e. The standard InChI is InChI=1S/C10H19NO2/c1-4-9(5-2)8-11-7-6-10(12)13-3/h6-7,9,11H,4-5,8H2,1-3H3/b7-6+. The predicted octanol–water partition coefficient (Wildman–Crippen LogP) is 1.70. The summed E-state index contributed by atoms with van der Waals surface area (Å²) in [6.07, 6.45) is 5.36. The van der Waals surface area contributed by atoms with E-state index in [0.29, 0.717) is 5.92 Å².